The number of ketones is 1. The second-order valence-electron chi connectivity index (χ2n) is 5.35. The molecule has 0 atom stereocenters. The van der Waals surface area contributed by atoms with E-state index < -0.39 is 22.5 Å². The number of carbonyl (C=O) groups excluding carboxylic acids is 1. The van der Waals surface area contributed by atoms with Crippen molar-refractivity contribution < 1.29 is 32.2 Å². The van der Waals surface area contributed by atoms with Crippen LogP contribution in [0.25, 0.3) is 6.08 Å². The zero-order chi connectivity index (χ0) is 20.2. The first-order chi connectivity index (χ1) is 12.7. The van der Waals surface area contributed by atoms with Crippen LogP contribution in [0.3, 0.4) is 0 Å². The fraction of sp³-hybridized carbons (Fsp3) is 0.211. The van der Waals surface area contributed by atoms with Gasteiger partial charge in [-0.1, -0.05) is 23.7 Å². The van der Waals surface area contributed by atoms with Crippen molar-refractivity contribution >= 4 is 23.5 Å². The Morgan fingerprint density at radius 2 is 1.59 bits per heavy atom. The average molecular weight is 401 g/mol. The van der Waals surface area contributed by atoms with Gasteiger partial charge in [-0.2, -0.15) is 13.2 Å². The largest absolute Gasteiger partial charge is 0.493 e. The van der Waals surface area contributed by atoms with Crippen molar-refractivity contribution in [2.75, 3.05) is 21.3 Å². The third-order valence-corrected chi connectivity index (χ3v) is 4.00. The van der Waals surface area contributed by atoms with Crippen molar-refractivity contribution in [2.45, 2.75) is 6.18 Å². The zero-order valence-electron chi connectivity index (χ0n) is 14.7. The Kier molecular flexibility index (Phi) is 6.38. The Morgan fingerprint density at radius 3 is 2.07 bits per heavy atom. The van der Waals surface area contributed by atoms with Gasteiger partial charge in [0.05, 0.1) is 31.9 Å². The van der Waals surface area contributed by atoms with Gasteiger partial charge in [0.2, 0.25) is 5.75 Å². The predicted octanol–water partition coefficient (Wildman–Crippen LogP) is 5.28. The molecular formula is C19H16ClF3O4. The average Bonchev–Trinajstić information content (AvgIpc) is 2.64. The third kappa shape index (κ3) is 4.74. The van der Waals surface area contributed by atoms with Crippen LogP contribution in [0.1, 0.15) is 21.5 Å². The Bertz CT molecular complexity index is 851. The quantitative estimate of drug-likeness (QED) is 0.489. The van der Waals surface area contributed by atoms with Crippen LogP contribution in [0.15, 0.2) is 36.4 Å². The van der Waals surface area contributed by atoms with Crippen molar-refractivity contribution in [2.24, 2.45) is 0 Å². The van der Waals surface area contributed by atoms with Crippen LogP contribution in [0.4, 0.5) is 13.2 Å². The van der Waals surface area contributed by atoms with Gasteiger partial charge in [0.15, 0.2) is 17.3 Å². The van der Waals surface area contributed by atoms with Crippen LogP contribution >= 0.6 is 11.6 Å². The fourth-order valence-electron chi connectivity index (χ4n) is 2.36. The molecule has 4 nitrogen and oxygen atoms in total. The Morgan fingerprint density at radius 1 is 1.00 bits per heavy atom. The van der Waals surface area contributed by atoms with Gasteiger partial charge in [-0.3, -0.25) is 4.79 Å². The minimum absolute atomic E-state index is 0.188. The van der Waals surface area contributed by atoms with Crippen LogP contribution in [-0.2, 0) is 6.18 Å². The van der Waals surface area contributed by atoms with Crippen LogP contribution in [0.5, 0.6) is 17.2 Å². The van der Waals surface area contributed by atoms with Gasteiger partial charge in [0, 0.05) is 5.56 Å². The molecule has 2 aromatic carbocycles. The number of rotatable bonds is 6. The highest BCUT2D eigenvalue weighted by Gasteiger charge is 2.33. The number of methoxy groups -OCH3 is 3. The number of carbonyl (C=O) groups is 1. The topological polar surface area (TPSA) is 44.8 Å². The van der Waals surface area contributed by atoms with E-state index >= 15 is 0 Å². The van der Waals surface area contributed by atoms with Crippen LogP contribution in [-0.4, -0.2) is 27.1 Å². The second-order valence-corrected chi connectivity index (χ2v) is 5.76. The van der Waals surface area contributed by atoms with Gasteiger partial charge in [0.1, 0.15) is 0 Å². The maximum absolute atomic E-state index is 12.9. The first kappa shape index (κ1) is 20.6. The highest BCUT2D eigenvalue weighted by atomic mass is 35.5. The van der Waals surface area contributed by atoms with Crippen molar-refractivity contribution in [3.8, 4) is 17.2 Å². The lowest BCUT2D eigenvalue weighted by molar-refractivity contribution is -0.137. The van der Waals surface area contributed by atoms with E-state index in [1.165, 1.54) is 45.6 Å². The van der Waals surface area contributed by atoms with Gasteiger partial charge in [-0.05, 0) is 35.9 Å². The number of hydrogen-bond acceptors (Lipinski definition) is 4. The molecule has 0 aliphatic carbocycles. The molecule has 0 spiro atoms. The summed E-state index contributed by atoms with van der Waals surface area (Å²) in [7, 11) is 4.25. The SMILES string of the molecule is COc1cc(C(=O)/C=C/c2ccc(Cl)c(C(F)(F)F)c2)cc(OC)c1OC. The number of halogens is 4. The van der Waals surface area contributed by atoms with Crippen molar-refractivity contribution in [3.05, 3.63) is 58.1 Å². The third-order valence-electron chi connectivity index (χ3n) is 3.67. The molecule has 2 aromatic rings. The van der Waals surface area contributed by atoms with E-state index in [1.807, 2.05) is 0 Å². The first-order valence-electron chi connectivity index (χ1n) is 7.60. The molecule has 2 rings (SSSR count). The van der Waals surface area contributed by atoms with Gasteiger partial charge < -0.3 is 14.2 Å². The van der Waals surface area contributed by atoms with E-state index in [0.29, 0.717) is 17.2 Å². The predicted molar refractivity (Wildman–Crippen MR) is 95.9 cm³/mol. The number of alkyl halides is 3. The Hall–Kier alpha value is -2.67. The molecule has 144 valence electrons. The molecule has 0 aliphatic heterocycles. The molecule has 0 radical (unpaired) electrons. The summed E-state index contributed by atoms with van der Waals surface area (Å²) in [5.74, 6) is 0.463. The molecule has 0 fully saturated rings. The summed E-state index contributed by atoms with van der Waals surface area (Å²) in [6.07, 6.45) is -2.15. The summed E-state index contributed by atoms with van der Waals surface area (Å²) in [6, 6.07) is 6.31. The standard InChI is InChI=1S/C19H16ClF3O4/c1-25-16-9-12(10-17(26-2)18(16)27-3)15(24)7-5-11-4-6-14(20)13(8-11)19(21,22)23/h4-10H,1-3H3/b7-5+. The number of benzene rings is 2. The minimum Gasteiger partial charge on any atom is -0.493 e. The van der Waals surface area contributed by atoms with Crippen molar-refractivity contribution in [1.82, 2.24) is 0 Å². The number of allylic oxidation sites excluding steroid dienone is 1. The smallest absolute Gasteiger partial charge is 0.417 e. The van der Waals surface area contributed by atoms with Crippen LogP contribution in [0, 0.1) is 0 Å². The molecule has 0 aliphatic rings. The molecule has 0 saturated carbocycles. The summed E-state index contributed by atoms with van der Waals surface area (Å²) in [5.41, 5.74) is -0.551. The normalized spacial score (nSPS) is 11.5. The summed E-state index contributed by atoms with van der Waals surface area (Å²) in [6.45, 7) is 0. The maximum atomic E-state index is 12.9. The summed E-state index contributed by atoms with van der Waals surface area (Å²) < 4.78 is 54.3. The summed E-state index contributed by atoms with van der Waals surface area (Å²) >= 11 is 5.58. The lowest BCUT2D eigenvalue weighted by Gasteiger charge is -2.13. The molecule has 27 heavy (non-hydrogen) atoms. The minimum atomic E-state index is -4.58. The van der Waals surface area contributed by atoms with Crippen LogP contribution < -0.4 is 14.2 Å². The van der Waals surface area contributed by atoms with Gasteiger partial charge in [0.25, 0.3) is 0 Å². The summed E-state index contributed by atoms with van der Waals surface area (Å²) in [5, 5.41) is -0.407. The van der Waals surface area contributed by atoms with E-state index in [1.54, 1.807) is 0 Å². The molecule has 0 bridgehead atoms. The highest BCUT2D eigenvalue weighted by molar-refractivity contribution is 6.31. The Labute approximate surface area is 159 Å². The molecule has 0 amide bonds. The molecule has 0 N–H and O–H groups in total. The van der Waals surface area contributed by atoms with Crippen molar-refractivity contribution in [3.63, 3.8) is 0 Å². The van der Waals surface area contributed by atoms with Crippen molar-refractivity contribution in [1.29, 1.82) is 0 Å². The maximum Gasteiger partial charge on any atom is 0.417 e. The lowest BCUT2D eigenvalue weighted by Crippen LogP contribution is -2.06. The van der Waals surface area contributed by atoms with Gasteiger partial charge in [-0.15, -0.1) is 0 Å². The molecule has 0 saturated heterocycles. The van der Waals surface area contributed by atoms with E-state index in [-0.39, 0.29) is 11.1 Å². The highest BCUT2D eigenvalue weighted by Crippen LogP contribution is 2.38. The molecular weight excluding hydrogens is 385 g/mol. The van der Waals surface area contributed by atoms with E-state index in [9.17, 15) is 18.0 Å². The Balaban J connectivity index is 2.35. The fourth-order valence-corrected chi connectivity index (χ4v) is 2.58. The first-order valence-corrected chi connectivity index (χ1v) is 7.98. The van der Waals surface area contributed by atoms with E-state index in [0.717, 1.165) is 18.2 Å². The molecule has 0 unspecified atom stereocenters. The van der Waals surface area contributed by atoms with Crippen LogP contribution in [0.2, 0.25) is 5.02 Å². The molecule has 0 aromatic heterocycles. The number of hydrogen-bond donors (Lipinski definition) is 0. The monoisotopic (exact) mass is 400 g/mol. The van der Waals surface area contributed by atoms with E-state index in [4.69, 9.17) is 25.8 Å². The van der Waals surface area contributed by atoms with E-state index in [2.05, 4.69) is 0 Å². The number of ether oxygens (including phenoxy) is 3. The second kappa shape index (κ2) is 8.35. The van der Waals surface area contributed by atoms with Gasteiger partial charge in [-0.25, -0.2) is 0 Å². The zero-order valence-corrected chi connectivity index (χ0v) is 15.4. The lowest BCUT2D eigenvalue weighted by atomic mass is 10.1. The molecule has 0 heterocycles. The van der Waals surface area contributed by atoms with Gasteiger partial charge >= 0.3 is 6.18 Å². The molecule has 8 heteroatoms. The summed E-state index contributed by atoms with van der Waals surface area (Å²) in [4.78, 5) is 12.4.